The maximum Gasteiger partial charge on any atom is 0.132 e. The Balaban J connectivity index is 2.16. The summed E-state index contributed by atoms with van der Waals surface area (Å²) in [6.45, 7) is 1.99. The molecule has 0 atom stereocenters. The van der Waals surface area contributed by atoms with Crippen LogP contribution >= 0.6 is 0 Å². The number of amidine groups is 1. The maximum absolute atomic E-state index is 4.18. The standard InChI is InChI=1S/C16H17N3/c1-4-13-11-15(19-16(13)18-3)10-7-12-5-8-14(17-2)9-6-12/h4-6,8-9,11,17H,1-3H3,(H,18,19)/b13-4-. The molecule has 0 aliphatic carbocycles. The molecule has 0 saturated carbocycles. The van der Waals surface area contributed by atoms with Gasteiger partial charge in [-0.25, -0.2) is 0 Å². The second-order valence-corrected chi connectivity index (χ2v) is 4.08. The Hall–Kier alpha value is -2.47. The molecule has 1 aliphatic rings. The molecule has 0 unspecified atom stereocenters. The molecule has 0 aromatic heterocycles. The number of anilines is 1. The van der Waals surface area contributed by atoms with Gasteiger partial charge < -0.3 is 10.6 Å². The minimum atomic E-state index is 0.873. The van der Waals surface area contributed by atoms with Gasteiger partial charge in [-0.3, -0.25) is 4.99 Å². The highest BCUT2D eigenvalue weighted by atomic mass is 15.0. The molecular formula is C16H17N3. The number of hydrogen-bond acceptors (Lipinski definition) is 2. The lowest BCUT2D eigenvalue weighted by atomic mass is 10.2. The fourth-order valence-electron chi connectivity index (χ4n) is 1.79. The zero-order valence-electron chi connectivity index (χ0n) is 11.4. The molecule has 19 heavy (non-hydrogen) atoms. The van der Waals surface area contributed by atoms with Gasteiger partial charge >= 0.3 is 0 Å². The number of aliphatic imine (C=N–C) groups is 1. The largest absolute Gasteiger partial charge is 0.388 e. The van der Waals surface area contributed by atoms with Crippen LogP contribution in [0.1, 0.15) is 12.5 Å². The summed E-state index contributed by atoms with van der Waals surface area (Å²) in [5.41, 5.74) is 4.04. The van der Waals surface area contributed by atoms with Gasteiger partial charge in [0.25, 0.3) is 0 Å². The highest BCUT2D eigenvalue weighted by molar-refractivity contribution is 6.05. The van der Waals surface area contributed by atoms with E-state index < -0.39 is 0 Å². The zero-order chi connectivity index (χ0) is 13.7. The average Bonchev–Trinajstić information content (AvgIpc) is 2.88. The summed E-state index contributed by atoms with van der Waals surface area (Å²) in [6.07, 6.45) is 4.03. The second-order valence-electron chi connectivity index (χ2n) is 4.08. The summed E-state index contributed by atoms with van der Waals surface area (Å²) in [5.74, 6) is 7.13. The molecule has 1 aromatic carbocycles. The van der Waals surface area contributed by atoms with E-state index in [-0.39, 0.29) is 0 Å². The summed E-state index contributed by atoms with van der Waals surface area (Å²) < 4.78 is 0. The first-order valence-electron chi connectivity index (χ1n) is 6.19. The van der Waals surface area contributed by atoms with Crippen LogP contribution in [0.2, 0.25) is 0 Å². The first-order valence-corrected chi connectivity index (χ1v) is 6.19. The van der Waals surface area contributed by atoms with Gasteiger partial charge in [-0.15, -0.1) is 0 Å². The van der Waals surface area contributed by atoms with E-state index in [2.05, 4.69) is 27.5 Å². The van der Waals surface area contributed by atoms with Crippen molar-refractivity contribution in [1.82, 2.24) is 5.32 Å². The second kappa shape index (κ2) is 5.92. The number of benzene rings is 1. The Morgan fingerprint density at radius 2 is 1.95 bits per heavy atom. The predicted octanol–water partition coefficient (Wildman–Crippen LogP) is 2.54. The lowest BCUT2D eigenvalue weighted by molar-refractivity contribution is 1.21. The molecule has 3 heteroatoms. The molecule has 0 fully saturated rings. The van der Waals surface area contributed by atoms with Crippen molar-refractivity contribution in [2.75, 3.05) is 19.4 Å². The van der Waals surface area contributed by atoms with Crippen molar-refractivity contribution < 1.29 is 0 Å². The average molecular weight is 251 g/mol. The minimum absolute atomic E-state index is 0.873. The van der Waals surface area contributed by atoms with Gasteiger partial charge in [0, 0.05) is 30.9 Å². The van der Waals surface area contributed by atoms with E-state index in [1.54, 1.807) is 7.05 Å². The van der Waals surface area contributed by atoms with Gasteiger partial charge in [0.1, 0.15) is 5.84 Å². The van der Waals surface area contributed by atoms with E-state index in [1.165, 1.54) is 0 Å². The van der Waals surface area contributed by atoms with Crippen molar-refractivity contribution in [3.63, 3.8) is 0 Å². The van der Waals surface area contributed by atoms with Gasteiger partial charge in [-0.05, 0) is 43.2 Å². The van der Waals surface area contributed by atoms with Crippen molar-refractivity contribution in [3.05, 3.63) is 53.3 Å². The minimum Gasteiger partial charge on any atom is -0.388 e. The van der Waals surface area contributed by atoms with Crippen LogP contribution in [0.4, 0.5) is 5.69 Å². The Kier molecular flexibility index (Phi) is 4.04. The number of allylic oxidation sites excluding steroid dienone is 2. The summed E-state index contributed by atoms with van der Waals surface area (Å²) in [7, 11) is 3.67. The van der Waals surface area contributed by atoms with Gasteiger partial charge in [0.2, 0.25) is 0 Å². The molecule has 0 saturated heterocycles. The van der Waals surface area contributed by atoms with E-state index >= 15 is 0 Å². The van der Waals surface area contributed by atoms with E-state index in [9.17, 15) is 0 Å². The highest BCUT2D eigenvalue weighted by Gasteiger charge is 2.12. The molecule has 0 radical (unpaired) electrons. The molecular weight excluding hydrogens is 234 g/mol. The van der Waals surface area contributed by atoms with Gasteiger partial charge in [-0.1, -0.05) is 12.0 Å². The first-order chi connectivity index (χ1) is 9.26. The summed E-state index contributed by atoms with van der Waals surface area (Å²) >= 11 is 0. The third kappa shape index (κ3) is 3.05. The molecule has 2 rings (SSSR count). The van der Waals surface area contributed by atoms with Gasteiger partial charge in [-0.2, -0.15) is 0 Å². The normalized spacial score (nSPS) is 17.7. The summed E-state index contributed by atoms with van der Waals surface area (Å²) in [5, 5.41) is 6.27. The van der Waals surface area contributed by atoms with Gasteiger partial charge in [0.05, 0.1) is 5.70 Å². The Labute approximate surface area is 114 Å². The van der Waals surface area contributed by atoms with Crippen LogP contribution in [0.5, 0.6) is 0 Å². The molecule has 1 aliphatic heterocycles. The molecule has 2 N–H and O–H groups in total. The number of rotatable bonds is 1. The highest BCUT2D eigenvalue weighted by Crippen LogP contribution is 2.11. The third-order valence-electron chi connectivity index (χ3n) is 2.88. The van der Waals surface area contributed by atoms with Gasteiger partial charge in [0.15, 0.2) is 0 Å². The van der Waals surface area contributed by atoms with Crippen LogP contribution in [-0.4, -0.2) is 19.9 Å². The van der Waals surface area contributed by atoms with Crippen molar-refractivity contribution in [2.45, 2.75) is 6.92 Å². The summed E-state index contributed by atoms with van der Waals surface area (Å²) in [4.78, 5) is 4.18. The molecule has 0 spiro atoms. The quantitative estimate of drug-likeness (QED) is 0.753. The summed E-state index contributed by atoms with van der Waals surface area (Å²) in [6, 6.07) is 8.02. The number of nitrogens with one attached hydrogen (secondary N) is 2. The van der Waals surface area contributed by atoms with Crippen LogP contribution in [0.3, 0.4) is 0 Å². The predicted molar refractivity (Wildman–Crippen MR) is 81.2 cm³/mol. The molecule has 0 amide bonds. The van der Waals surface area contributed by atoms with E-state index in [1.807, 2.05) is 50.4 Å². The SMILES string of the molecule is C/C=C1/C=C(C#Cc2ccc(NC)cc2)NC1=NC. The molecule has 3 nitrogen and oxygen atoms in total. The van der Waals surface area contributed by atoms with Crippen molar-refractivity contribution in [1.29, 1.82) is 0 Å². The number of hydrogen-bond donors (Lipinski definition) is 2. The lowest BCUT2D eigenvalue weighted by Gasteiger charge is -1.99. The smallest absolute Gasteiger partial charge is 0.132 e. The molecule has 1 heterocycles. The van der Waals surface area contributed by atoms with Crippen LogP contribution in [-0.2, 0) is 0 Å². The van der Waals surface area contributed by atoms with Crippen LogP contribution < -0.4 is 10.6 Å². The maximum atomic E-state index is 4.18. The number of nitrogens with zero attached hydrogens (tertiary/aromatic N) is 1. The van der Waals surface area contributed by atoms with E-state index in [4.69, 9.17) is 0 Å². The molecule has 1 aromatic rings. The Morgan fingerprint density at radius 1 is 1.21 bits per heavy atom. The molecule has 96 valence electrons. The van der Waals surface area contributed by atoms with Crippen molar-refractivity contribution in [2.24, 2.45) is 4.99 Å². The first kappa shape index (κ1) is 13.0. The van der Waals surface area contributed by atoms with Crippen LogP contribution in [0, 0.1) is 11.8 Å². The topological polar surface area (TPSA) is 36.4 Å². The fourth-order valence-corrected chi connectivity index (χ4v) is 1.79. The van der Waals surface area contributed by atoms with Crippen LogP contribution in [0.15, 0.2) is 52.7 Å². The Bertz CT molecular complexity index is 608. The fraction of sp³-hybridized carbons (Fsp3) is 0.188. The molecule has 0 bridgehead atoms. The van der Waals surface area contributed by atoms with Crippen molar-refractivity contribution >= 4 is 11.5 Å². The van der Waals surface area contributed by atoms with Crippen molar-refractivity contribution in [3.8, 4) is 11.8 Å². The monoisotopic (exact) mass is 251 g/mol. The third-order valence-corrected chi connectivity index (χ3v) is 2.88. The van der Waals surface area contributed by atoms with E-state index in [0.717, 1.165) is 28.4 Å². The lowest BCUT2D eigenvalue weighted by Crippen LogP contribution is -2.16. The van der Waals surface area contributed by atoms with E-state index in [0.29, 0.717) is 0 Å². The zero-order valence-corrected chi connectivity index (χ0v) is 11.4. The Morgan fingerprint density at radius 3 is 2.47 bits per heavy atom. The van der Waals surface area contributed by atoms with Crippen LogP contribution in [0.25, 0.3) is 0 Å².